The van der Waals surface area contributed by atoms with Crippen molar-refractivity contribution in [1.82, 2.24) is 5.32 Å². The Bertz CT molecular complexity index is 1340. The highest BCUT2D eigenvalue weighted by Gasteiger charge is 2.15. The predicted molar refractivity (Wildman–Crippen MR) is 146 cm³/mol. The number of hydrogen-bond acceptors (Lipinski definition) is 4. The monoisotopic (exact) mass is 494 g/mol. The first-order valence-electron chi connectivity index (χ1n) is 11.4. The lowest BCUT2D eigenvalue weighted by molar-refractivity contribution is -0.113. The van der Waals surface area contributed by atoms with Gasteiger partial charge < -0.3 is 15.4 Å². The van der Waals surface area contributed by atoms with E-state index in [0.29, 0.717) is 23.6 Å². The molecule has 4 aromatic rings. The third-order valence-corrected chi connectivity index (χ3v) is 6.02. The average Bonchev–Trinajstić information content (AvgIpc) is 2.93. The van der Waals surface area contributed by atoms with E-state index in [0.717, 1.165) is 16.0 Å². The van der Waals surface area contributed by atoms with Crippen molar-refractivity contribution < 1.29 is 14.3 Å². The molecule has 0 fully saturated rings. The summed E-state index contributed by atoms with van der Waals surface area (Å²) in [5.74, 6) is -0.0659. The molecule has 0 atom stereocenters. The summed E-state index contributed by atoms with van der Waals surface area (Å²) in [7, 11) is 0. The van der Waals surface area contributed by atoms with Crippen LogP contribution in [-0.4, -0.2) is 18.1 Å². The molecular formula is C30H26N2O3S. The molecule has 4 rings (SSSR count). The van der Waals surface area contributed by atoms with E-state index < -0.39 is 5.91 Å². The van der Waals surface area contributed by atoms with Crippen molar-refractivity contribution in [3.05, 3.63) is 132 Å². The van der Waals surface area contributed by atoms with E-state index in [-0.39, 0.29) is 11.6 Å². The van der Waals surface area contributed by atoms with Gasteiger partial charge in [-0.3, -0.25) is 9.59 Å². The second-order valence-corrected chi connectivity index (χ2v) is 8.79. The lowest BCUT2D eigenvalue weighted by Crippen LogP contribution is -2.30. The second kappa shape index (κ2) is 12.4. The Hall–Kier alpha value is -4.29. The maximum absolute atomic E-state index is 13.2. The molecule has 0 bridgehead atoms. The minimum absolute atomic E-state index is 0.136. The fourth-order valence-electron chi connectivity index (χ4n) is 3.41. The fourth-order valence-corrected chi connectivity index (χ4v) is 3.87. The van der Waals surface area contributed by atoms with Gasteiger partial charge in [0.1, 0.15) is 18.1 Å². The largest absolute Gasteiger partial charge is 0.489 e. The first kappa shape index (κ1) is 24.8. The topological polar surface area (TPSA) is 67.4 Å². The van der Waals surface area contributed by atoms with Crippen LogP contribution in [0.25, 0.3) is 6.08 Å². The van der Waals surface area contributed by atoms with Crippen LogP contribution in [0.4, 0.5) is 5.69 Å². The minimum Gasteiger partial charge on any atom is -0.489 e. The average molecular weight is 495 g/mol. The van der Waals surface area contributed by atoms with Gasteiger partial charge in [-0.2, -0.15) is 0 Å². The van der Waals surface area contributed by atoms with Gasteiger partial charge in [0.2, 0.25) is 0 Å². The van der Waals surface area contributed by atoms with E-state index in [2.05, 4.69) is 10.6 Å². The zero-order valence-electron chi connectivity index (χ0n) is 19.8. The summed E-state index contributed by atoms with van der Waals surface area (Å²) in [4.78, 5) is 27.0. The van der Waals surface area contributed by atoms with Gasteiger partial charge in [0, 0.05) is 16.1 Å². The molecule has 0 unspecified atom stereocenters. The number of amides is 2. The smallest absolute Gasteiger partial charge is 0.272 e. The van der Waals surface area contributed by atoms with Crippen molar-refractivity contribution in [2.75, 3.05) is 11.6 Å². The summed E-state index contributed by atoms with van der Waals surface area (Å²) in [6.45, 7) is 0.464. The Kier molecular flexibility index (Phi) is 8.57. The van der Waals surface area contributed by atoms with Crippen LogP contribution in [0.3, 0.4) is 0 Å². The minimum atomic E-state index is -0.415. The molecule has 0 saturated heterocycles. The summed E-state index contributed by atoms with van der Waals surface area (Å²) in [5, 5.41) is 5.65. The highest BCUT2D eigenvalue weighted by Crippen LogP contribution is 2.20. The Morgan fingerprint density at radius 3 is 2.22 bits per heavy atom. The van der Waals surface area contributed by atoms with Crippen molar-refractivity contribution >= 4 is 35.3 Å². The molecule has 4 aromatic carbocycles. The van der Waals surface area contributed by atoms with E-state index in [9.17, 15) is 9.59 Å². The van der Waals surface area contributed by atoms with Gasteiger partial charge in [-0.1, -0.05) is 66.7 Å². The van der Waals surface area contributed by atoms with Gasteiger partial charge in [0.05, 0.1) is 0 Å². The van der Waals surface area contributed by atoms with Crippen LogP contribution in [0.1, 0.15) is 21.5 Å². The highest BCUT2D eigenvalue weighted by molar-refractivity contribution is 7.98. The molecule has 6 heteroatoms. The lowest BCUT2D eigenvalue weighted by atomic mass is 10.1. The number of thioether (sulfide) groups is 1. The van der Waals surface area contributed by atoms with E-state index in [1.165, 1.54) is 0 Å². The predicted octanol–water partition coefficient (Wildman–Crippen LogP) is 6.40. The summed E-state index contributed by atoms with van der Waals surface area (Å²) in [5.41, 5.74) is 3.08. The van der Waals surface area contributed by atoms with Crippen LogP contribution in [0, 0.1) is 0 Å². The van der Waals surface area contributed by atoms with Crippen LogP contribution in [0.15, 0.2) is 120 Å². The van der Waals surface area contributed by atoms with Crippen LogP contribution in [-0.2, 0) is 11.4 Å². The van der Waals surface area contributed by atoms with Gasteiger partial charge in [-0.15, -0.1) is 11.8 Å². The van der Waals surface area contributed by atoms with Crippen molar-refractivity contribution in [2.45, 2.75) is 11.5 Å². The summed E-state index contributed by atoms with van der Waals surface area (Å²) in [6, 6.07) is 33.6. The van der Waals surface area contributed by atoms with Crippen molar-refractivity contribution in [3.63, 3.8) is 0 Å². The zero-order chi connectivity index (χ0) is 25.2. The lowest BCUT2D eigenvalue weighted by Gasteiger charge is -2.12. The molecule has 5 nitrogen and oxygen atoms in total. The van der Waals surface area contributed by atoms with Gasteiger partial charge in [-0.25, -0.2) is 0 Å². The van der Waals surface area contributed by atoms with Gasteiger partial charge in [-0.05, 0) is 65.9 Å². The molecular weight excluding hydrogens is 468 g/mol. The number of anilines is 1. The quantitative estimate of drug-likeness (QED) is 0.209. The number of benzene rings is 4. The number of rotatable bonds is 9. The van der Waals surface area contributed by atoms with Gasteiger partial charge >= 0.3 is 0 Å². The van der Waals surface area contributed by atoms with Gasteiger partial charge in [0.25, 0.3) is 11.8 Å². The molecule has 0 aliphatic heterocycles. The third kappa shape index (κ3) is 7.10. The Morgan fingerprint density at radius 1 is 0.833 bits per heavy atom. The molecule has 0 heterocycles. The van der Waals surface area contributed by atoms with Crippen molar-refractivity contribution in [2.24, 2.45) is 0 Å². The molecule has 0 aliphatic rings. The zero-order valence-corrected chi connectivity index (χ0v) is 20.6. The Morgan fingerprint density at radius 2 is 1.53 bits per heavy atom. The van der Waals surface area contributed by atoms with Crippen LogP contribution in [0.5, 0.6) is 5.75 Å². The standard InChI is InChI=1S/C30H26N2O3S/c1-36-27-14-8-13-25(20-27)31-30(34)28(32-29(33)24-11-6-3-7-12-24)19-22-15-17-26(18-16-22)35-21-23-9-4-2-5-10-23/h2-20H,21H2,1H3,(H,31,34)(H,32,33)/b28-19+. The molecule has 0 saturated carbocycles. The number of carbonyl (C=O) groups excluding carboxylic acids is 2. The molecule has 0 aromatic heterocycles. The van der Waals surface area contributed by atoms with Crippen molar-refractivity contribution in [3.8, 4) is 5.75 Å². The number of ether oxygens (including phenoxy) is 1. The highest BCUT2D eigenvalue weighted by atomic mass is 32.2. The SMILES string of the molecule is CSc1cccc(NC(=O)/C(=C\c2ccc(OCc3ccccc3)cc2)NC(=O)c2ccccc2)c1. The molecule has 2 amide bonds. The summed E-state index contributed by atoms with van der Waals surface area (Å²) in [6.07, 6.45) is 3.62. The van der Waals surface area contributed by atoms with Crippen LogP contribution in [0.2, 0.25) is 0 Å². The summed E-state index contributed by atoms with van der Waals surface area (Å²) < 4.78 is 5.85. The molecule has 0 aliphatic carbocycles. The van der Waals surface area contributed by atoms with E-state index in [1.54, 1.807) is 42.1 Å². The normalized spacial score (nSPS) is 11.0. The number of hydrogen-bond donors (Lipinski definition) is 2. The second-order valence-electron chi connectivity index (χ2n) is 7.91. The first-order chi connectivity index (χ1) is 17.6. The van der Waals surface area contributed by atoms with Crippen LogP contribution >= 0.6 is 11.8 Å². The fraction of sp³-hybridized carbons (Fsp3) is 0.0667. The van der Waals surface area contributed by atoms with E-state index >= 15 is 0 Å². The Labute approximate surface area is 215 Å². The maximum atomic E-state index is 13.2. The van der Waals surface area contributed by atoms with Crippen molar-refractivity contribution in [1.29, 1.82) is 0 Å². The molecule has 180 valence electrons. The maximum Gasteiger partial charge on any atom is 0.272 e. The molecule has 36 heavy (non-hydrogen) atoms. The number of nitrogens with one attached hydrogen (secondary N) is 2. The van der Waals surface area contributed by atoms with Gasteiger partial charge in [0.15, 0.2) is 0 Å². The van der Waals surface area contributed by atoms with E-state index in [4.69, 9.17) is 4.74 Å². The van der Waals surface area contributed by atoms with Crippen LogP contribution < -0.4 is 15.4 Å². The summed E-state index contributed by atoms with van der Waals surface area (Å²) >= 11 is 1.59. The molecule has 0 radical (unpaired) electrons. The van der Waals surface area contributed by atoms with E-state index in [1.807, 2.05) is 91.2 Å². The Balaban J connectivity index is 1.53. The molecule has 2 N–H and O–H groups in total. The molecule has 0 spiro atoms. The number of carbonyl (C=O) groups is 2. The third-order valence-electron chi connectivity index (χ3n) is 5.30. The first-order valence-corrected chi connectivity index (χ1v) is 12.6.